The van der Waals surface area contributed by atoms with E-state index in [4.69, 9.17) is 9.47 Å². The lowest BCUT2D eigenvalue weighted by Gasteiger charge is -2.43. The number of hydrogen-bond donors (Lipinski definition) is 1. The Morgan fingerprint density at radius 1 is 1.11 bits per heavy atom. The molecule has 0 radical (unpaired) electrons. The summed E-state index contributed by atoms with van der Waals surface area (Å²) >= 11 is 0. The molecule has 36 heavy (non-hydrogen) atoms. The van der Waals surface area contributed by atoms with E-state index in [0.717, 1.165) is 25.7 Å². The van der Waals surface area contributed by atoms with Crippen LogP contribution in [0, 0.1) is 17.8 Å². The third-order valence-corrected chi connectivity index (χ3v) is 8.01. The van der Waals surface area contributed by atoms with Gasteiger partial charge in [0, 0.05) is 12.5 Å². The molecule has 2 aliphatic rings. The summed E-state index contributed by atoms with van der Waals surface area (Å²) in [5.41, 5.74) is 1.18. The molecule has 2 heterocycles. The standard InChI is InChI=1S/C29H43NO6/c1-6-23(18-22-12-8-7-9-13-22)21(5)35-28(33)24-14-10-11-17-30(24)27(32)26(31)29(34)20(4)15-16-25(36-29)19(2)3/h7-9,12-13,19-21,23-25,34H,6,10-11,14-18H2,1-5H3/t20-,21+,23-,24+,25?,29-/m1/s1. The highest BCUT2D eigenvalue weighted by molar-refractivity contribution is 6.39. The number of carbonyl (C=O) groups excluding carboxylic acids is 3. The minimum atomic E-state index is -2.17. The number of piperidine rings is 1. The Morgan fingerprint density at radius 2 is 1.81 bits per heavy atom. The zero-order chi connectivity index (χ0) is 26.5. The molecule has 2 fully saturated rings. The SMILES string of the molecule is CC[C@H](Cc1ccccc1)[C@H](C)OC(=O)[C@@H]1CCCCN1C(=O)C(=O)[C@]1(O)OC(C(C)C)CC[C@H]1C. The molecular formula is C29H43NO6. The molecular weight excluding hydrogens is 458 g/mol. The summed E-state index contributed by atoms with van der Waals surface area (Å²) in [6.45, 7) is 9.89. The Labute approximate surface area is 215 Å². The minimum absolute atomic E-state index is 0.105. The van der Waals surface area contributed by atoms with E-state index >= 15 is 0 Å². The van der Waals surface area contributed by atoms with Crippen molar-refractivity contribution in [2.45, 2.75) is 104 Å². The number of likely N-dealkylation sites (tertiary alicyclic amines) is 1. The maximum atomic E-state index is 13.4. The van der Waals surface area contributed by atoms with Crippen molar-refractivity contribution >= 4 is 17.7 Å². The van der Waals surface area contributed by atoms with Crippen molar-refractivity contribution in [1.82, 2.24) is 4.90 Å². The van der Waals surface area contributed by atoms with Crippen molar-refractivity contribution in [3.63, 3.8) is 0 Å². The molecule has 1 aromatic carbocycles. The van der Waals surface area contributed by atoms with Crippen molar-refractivity contribution in [2.75, 3.05) is 6.54 Å². The van der Waals surface area contributed by atoms with Gasteiger partial charge in [-0.05, 0) is 69.3 Å². The molecule has 0 spiro atoms. The Morgan fingerprint density at radius 3 is 2.44 bits per heavy atom. The molecule has 1 N–H and O–H groups in total. The highest BCUT2D eigenvalue weighted by Crippen LogP contribution is 2.36. The Hall–Kier alpha value is -2.25. The van der Waals surface area contributed by atoms with Crippen molar-refractivity contribution in [3.05, 3.63) is 35.9 Å². The van der Waals surface area contributed by atoms with Crippen LogP contribution < -0.4 is 0 Å². The number of rotatable bonds is 9. The van der Waals surface area contributed by atoms with Crippen LogP contribution in [0.2, 0.25) is 0 Å². The average Bonchev–Trinajstić information content (AvgIpc) is 2.88. The lowest BCUT2D eigenvalue weighted by atomic mass is 9.84. The smallest absolute Gasteiger partial charge is 0.329 e. The quantitative estimate of drug-likeness (QED) is 0.401. The van der Waals surface area contributed by atoms with Gasteiger partial charge in [0.1, 0.15) is 12.1 Å². The van der Waals surface area contributed by atoms with E-state index in [9.17, 15) is 19.5 Å². The Balaban J connectivity index is 1.70. The summed E-state index contributed by atoms with van der Waals surface area (Å²) in [4.78, 5) is 41.3. The van der Waals surface area contributed by atoms with Crippen LogP contribution in [0.5, 0.6) is 0 Å². The second kappa shape index (κ2) is 12.3. The molecule has 6 atom stereocenters. The van der Waals surface area contributed by atoms with Gasteiger partial charge in [0.2, 0.25) is 5.79 Å². The second-order valence-electron chi connectivity index (χ2n) is 10.9. The molecule has 2 aliphatic heterocycles. The number of ether oxygens (including phenoxy) is 2. The van der Waals surface area contributed by atoms with E-state index in [1.54, 1.807) is 6.92 Å². The van der Waals surface area contributed by atoms with Crippen LogP contribution in [0.1, 0.15) is 78.7 Å². The van der Waals surface area contributed by atoms with Crippen molar-refractivity contribution in [3.8, 4) is 0 Å². The lowest BCUT2D eigenvalue weighted by molar-refractivity contribution is -0.269. The summed E-state index contributed by atoms with van der Waals surface area (Å²) in [5, 5.41) is 11.2. The highest BCUT2D eigenvalue weighted by Gasteiger charge is 2.53. The number of nitrogens with zero attached hydrogens (tertiary/aromatic N) is 1. The van der Waals surface area contributed by atoms with Gasteiger partial charge in [0.15, 0.2) is 0 Å². The fraction of sp³-hybridized carbons (Fsp3) is 0.690. The molecule has 3 rings (SSSR count). The number of ketones is 1. The summed E-state index contributed by atoms with van der Waals surface area (Å²) in [6, 6.07) is 9.25. The molecule has 0 bridgehead atoms. The van der Waals surface area contributed by atoms with Gasteiger partial charge in [-0.15, -0.1) is 0 Å². The molecule has 1 unspecified atom stereocenters. The summed E-state index contributed by atoms with van der Waals surface area (Å²) in [5.74, 6) is -4.78. The van der Waals surface area contributed by atoms with Gasteiger partial charge >= 0.3 is 5.97 Å². The first kappa shape index (κ1) is 28.3. The molecule has 0 aromatic heterocycles. The highest BCUT2D eigenvalue weighted by atomic mass is 16.6. The average molecular weight is 502 g/mol. The third-order valence-electron chi connectivity index (χ3n) is 8.01. The normalized spacial score (nSPS) is 28.4. The number of hydrogen-bond acceptors (Lipinski definition) is 6. The maximum Gasteiger partial charge on any atom is 0.329 e. The number of aliphatic hydroxyl groups is 1. The van der Waals surface area contributed by atoms with Crippen molar-refractivity contribution in [1.29, 1.82) is 0 Å². The summed E-state index contributed by atoms with van der Waals surface area (Å²) in [7, 11) is 0. The van der Waals surface area contributed by atoms with Gasteiger partial charge in [-0.1, -0.05) is 58.0 Å². The van der Waals surface area contributed by atoms with Crippen LogP contribution in [0.15, 0.2) is 30.3 Å². The predicted octanol–water partition coefficient (Wildman–Crippen LogP) is 4.30. The van der Waals surface area contributed by atoms with Gasteiger partial charge < -0.3 is 19.5 Å². The summed E-state index contributed by atoms with van der Waals surface area (Å²) < 4.78 is 11.7. The zero-order valence-electron chi connectivity index (χ0n) is 22.4. The first-order valence-electron chi connectivity index (χ1n) is 13.6. The van der Waals surface area contributed by atoms with Crippen LogP contribution in [-0.2, 0) is 30.3 Å². The topological polar surface area (TPSA) is 93.1 Å². The van der Waals surface area contributed by atoms with E-state index < -0.39 is 35.4 Å². The predicted molar refractivity (Wildman–Crippen MR) is 137 cm³/mol. The molecule has 1 aromatic rings. The Kier molecular flexibility index (Phi) is 9.70. The number of benzene rings is 1. The van der Waals surface area contributed by atoms with E-state index in [1.807, 2.05) is 39.0 Å². The van der Waals surface area contributed by atoms with Crippen molar-refractivity contribution < 1.29 is 29.0 Å². The fourth-order valence-corrected chi connectivity index (χ4v) is 5.38. The molecule has 7 nitrogen and oxygen atoms in total. The third kappa shape index (κ3) is 6.35. The van der Waals surface area contributed by atoms with E-state index in [1.165, 1.54) is 10.5 Å². The van der Waals surface area contributed by atoms with Crippen LogP contribution in [-0.4, -0.2) is 58.2 Å². The van der Waals surface area contributed by atoms with Crippen LogP contribution >= 0.6 is 0 Å². The van der Waals surface area contributed by atoms with E-state index in [0.29, 0.717) is 19.3 Å². The zero-order valence-corrected chi connectivity index (χ0v) is 22.4. The Bertz CT molecular complexity index is 902. The summed E-state index contributed by atoms with van der Waals surface area (Å²) in [6.07, 6.45) is 4.18. The number of amides is 1. The second-order valence-corrected chi connectivity index (χ2v) is 10.9. The van der Waals surface area contributed by atoms with E-state index in [-0.39, 0.29) is 30.6 Å². The van der Waals surface area contributed by atoms with Gasteiger partial charge in [-0.3, -0.25) is 9.59 Å². The van der Waals surface area contributed by atoms with Gasteiger partial charge in [0.05, 0.1) is 6.10 Å². The van der Waals surface area contributed by atoms with Crippen molar-refractivity contribution in [2.24, 2.45) is 17.8 Å². The largest absolute Gasteiger partial charge is 0.461 e. The maximum absolute atomic E-state index is 13.4. The van der Waals surface area contributed by atoms with E-state index in [2.05, 4.69) is 19.1 Å². The number of Topliss-reactive ketones (excluding diaryl/α,β-unsaturated/α-hetero) is 1. The number of carbonyl (C=O) groups is 3. The van der Waals surface area contributed by atoms with Crippen LogP contribution in [0.4, 0.5) is 0 Å². The van der Waals surface area contributed by atoms with Gasteiger partial charge in [-0.25, -0.2) is 4.79 Å². The lowest BCUT2D eigenvalue weighted by Crippen LogP contribution is -2.61. The molecule has 2 saturated heterocycles. The van der Waals surface area contributed by atoms with Gasteiger partial charge in [-0.2, -0.15) is 0 Å². The minimum Gasteiger partial charge on any atom is -0.461 e. The monoisotopic (exact) mass is 501 g/mol. The fourth-order valence-electron chi connectivity index (χ4n) is 5.38. The molecule has 0 saturated carbocycles. The molecule has 7 heteroatoms. The molecule has 200 valence electrons. The molecule has 1 amide bonds. The van der Waals surface area contributed by atoms with Crippen LogP contribution in [0.25, 0.3) is 0 Å². The van der Waals surface area contributed by atoms with Gasteiger partial charge in [0.25, 0.3) is 11.7 Å². The number of esters is 1. The first-order chi connectivity index (χ1) is 17.1. The van der Waals surface area contributed by atoms with Crippen LogP contribution in [0.3, 0.4) is 0 Å². The molecule has 0 aliphatic carbocycles. The first-order valence-corrected chi connectivity index (χ1v) is 13.6.